The predicted octanol–water partition coefficient (Wildman–Crippen LogP) is 7.63. The molecule has 0 radical (unpaired) electrons. The van der Waals surface area contributed by atoms with Gasteiger partial charge in [-0.1, -0.05) is 102 Å². The lowest BCUT2D eigenvalue weighted by molar-refractivity contribution is -0.120. The van der Waals surface area contributed by atoms with Crippen molar-refractivity contribution in [3.05, 3.63) is 70.8 Å². The molecular formula is C29H45NO. The number of rotatable bonds is 11. The van der Waals surface area contributed by atoms with Crippen molar-refractivity contribution in [2.45, 2.75) is 99.1 Å². The van der Waals surface area contributed by atoms with Gasteiger partial charge in [0.2, 0.25) is 0 Å². The minimum absolute atomic E-state index is 0.0417. The van der Waals surface area contributed by atoms with Crippen LogP contribution < -0.4 is 5.32 Å². The zero-order chi connectivity index (χ0) is 23.2. The maximum absolute atomic E-state index is 11.5. The van der Waals surface area contributed by atoms with Crippen LogP contribution in [0.1, 0.15) is 95.4 Å². The zero-order valence-electron chi connectivity index (χ0n) is 21.0. The van der Waals surface area contributed by atoms with Crippen LogP contribution in [-0.4, -0.2) is 11.8 Å². The van der Waals surface area contributed by atoms with Gasteiger partial charge in [0, 0.05) is 6.54 Å². The summed E-state index contributed by atoms with van der Waals surface area (Å²) < 4.78 is 0. The van der Waals surface area contributed by atoms with Gasteiger partial charge < -0.3 is 5.32 Å². The van der Waals surface area contributed by atoms with E-state index in [0.717, 1.165) is 18.9 Å². The number of aryl methyl sites for hydroxylation is 2. The van der Waals surface area contributed by atoms with Crippen molar-refractivity contribution in [3.63, 3.8) is 0 Å². The van der Waals surface area contributed by atoms with Gasteiger partial charge in [0.15, 0.2) is 0 Å². The fourth-order valence-corrected chi connectivity index (χ4v) is 4.16. The first kappa shape index (κ1) is 27.1. The summed E-state index contributed by atoms with van der Waals surface area (Å²) in [6.45, 7) is 15.4. The molecule has 1 unspecified atom stereocenters. The topological polar surface area (TPSA) is 29.1 Å². The molecule has 2 aromatic carbocycles. The third-order valence-corrected chi connectivity index (χ3v) is 5.94. The molecule has 1 N–H and O–H groups in total. The first-order valence-electron chi connectivity index (χ1n) is 12.2. The minimum Gasteiger partial charge on any atom is -0.303 e. The van der Waals surface area contributed by atoms with Crippen LogP contribution in [0.25, 0.3) is 0 Å². The summed E-state index contributed by atoms with van der Waals surface area (Å²) in [5.41, 5.74) is 5.53. The van der Waals surface area contributed by atoms with Gasteiger partial charge in [-0.3, -0.25) is 4.79 Å². The van der Waals surface area contributed by atoms with Crippen LogP contribution in [0.3, 0.4) is 0 Å². The smallest absolute Gasteiger partial charge is 0.146 e. The molecule has 0 amide bonds. The molecule has 0 aliphatic heterocycles. The summed E-state index contributed by atoms with van der Waals surface area (Å²) in [5.74, 6) is 1.33. The van der Waals surface area contributed by atoms with E-state index in [-0.39, 0.29) is 11.8 Å². The Bertz CT molecular complexity index is 742. The molecule has 2 heteroatoms. The zero-order valence-corrected chi connectivity index (χ0v) is 21.0. The average Bonchev–Trinajstić information content (AvgIpc) is 2.74. The quantitative estimate of drug-likeness (QED) is 0.402. The molecule has 0 saturated heterocycles. The molecule has 0 heterocycles. The van der Waals surface area contributed by atoms with Gasteiger partial charge in [-0.25, -0.2) is 0 Å². The summed E-state index contributed by atoms with van der Waals surface area (Å²) >= 11 is 0. The summed E-state index contributed by atoms with van der Waals surface area (Å²) in [4.78, 5) is 11.5. The van der Waals surface area contributed by atoms with E-state index in [4.69, 9.17) is 0 Å². The van der Waals surface area contributed by atoms with Crippen LogP contribution in [-0.2, 0) is 17.8 Å². The third-order valence-electron chi connectivity index (χ3n) is 5.94. The lowest BCUT2D eigenvalue weighted by Gasteiger charge is -2.20. The summed E-state index contributed by atoms with van der Waals surface area (Å²) in [5, 5.41) is 3.36. The van der Waals surface area contributed by atoms with Crippen molar-refractivity contribution < 1.29 is 4.79 Å². The molecule has 31 heavy (non-hydrogen) atoms. The summed E-state index contributed by atoms with van der Waals surface area (Å²) in [7, 11) is 0. The Kier molecular flexibility index (Phi) is 13.1. The second kappa shape index (κ2) is 15.0. The Morgan fingerprint density at radius 2 is 1.42 bits per heavy atom. The predicted molar refractivity (Wildman–Crippen MR) is 136 cm³/mol. The second-order valence-electron chi connectivity index (χ2n) is 9.02. The van der Waals surface area contributed by atoms with E-state index in [9.17, 15) is 4.79 Å². The van der Waals surface area contributed by atoms with Gasteiger partial charge in [-0.15, -0.1) is 0 Å². The molecule has 0 aliphatic carbocycles. The van der Waals surface area contributed by atoms with Crippen LogP contribution in [0.5, 0.6) is 0 Å². The van der Waals surface area contributed by atoms with Crippen molar-refractivity contribution in [1.29, 1.82) is 0 Å². The Balaban J connectivity index is 0.000000316. The Morgan fingerprint density at radius 1 is 0.871 bits per heavy atom. The van der Waals surface area contributed by atoms with Gasteiger partial charge in [-0.2, -0.15) is 0 Å². The molecule has 0 spiro atoms. The molecule has 2 rings (SSSR count). The monoisotopic (exact) mass is 423 g/mol. The highest BCUT2D eigenvalue weighted by atomic mass is 16.1. The average molecular weight is 424 g/mol. The molecule has 0 bridgehead atoms. The fraction of sp³-hybridized carbons (Fsp3) is 0.552. The van der Waals surface area contributed by atoms with Gasteiger partial charge in [0.05, 0.1) is 6.04 Å². The Hall–Kier alpha value is -1.93. The maximum atomic E-state index is 11.5. The third kappa shape index (κ3) is 9.82. The van der Waals surface area contributed by atoms with E-state index in [1.165, 1.54) is 47.9 Å². The Labute approximate surface area is 191 Å². The van der Waals surface area contributed by atoms with Gasteiger partial charge in [-0.05, 0) is 61.6 Å². The van der Waals surface area contributed by atoms with Gasteiger partial charge in [0.25, 0.3) is 0 Å². The van der Waals surface area contributed by atoms with Crippen LogP contribution in [0.2, 0.25) is 0 Å². The number of carbonyl (C=O) groups is 1. The summed E-state index contributed by atoms with van der Waals surface area (Å²) in [6.07, 6.45) is 6.27. The number of ketones is 1. The number of hydrogen-bond donors (Lipinski definition) is 1. The highest BCUT2D eigenvalue weighted by Crippen LogP contribution is 2.26. The highest BCUT2D eigenvalue weighted by molar-refractivity contribution is 5.81. The molecule has 2 nitrogen and oxygen atoms in total. The molecular weight excluding hydrogens is 378 g/mol. The standard InChI is InChI=1S/C15H23NO.C14H22/c1-5-13-8-6-7-9-14(13)10-16-15(11(2)3)12(4)17;1-4-6-13(7-5-2)14-10-8-12(3)9-11-14/h6-9,11,15-16H,5,10H2,1-4H3;8-11,13H,4-7H2,1-3H3. The molecule has 2 aromatic rings. The van der Waals surface area contributed by atoms with Crippen molar-refractivity contribution in [2.24, 2.45) is 5.92 Å². The molecule has 0 aromatic heterocycles. The maximum Gasteiger partial charge on any atom is 0.146 e. The first-order chi connectivity index (χ1) is 14.8. The molecule has 172 valence electrons. The fourth-order valence-electron chi connectivity index (χ4n) is 4.16. The van der Waals surface area contributed by atoms with Gasteiger partial charge in [0.1, 0.15) is 5.78 Å². The van der Waals surface area contributed by atoms with Gasteiger partial charge >= 0.3 is 0 Å². The molecule has 0 fully saturated rings. The molecule has 0 saturated carbocycles. The van der Waals surface area contributed by atoms with Crippen molar-refractivity contribution >= 4 is 5.78 Å². The van der Waals surface area contributed by atoms with Crippen LogP contribution in [0, 0.1) is 12.8 Å². The van der Waals surface area contributed by atoms with Crippen molar-refractivity contribution in [1.82, 2.24) is 5.32 Å². The summed E-state index contributed by atoms with van der Waals surface area (Å²) in [6, 6.07) is 17.4. The number of benzene rings is 2. The number of nitrogens with one attached hydrogen (secondary N) is 1. The lowest BCUT2D eigenvalue weighted by atomic mass is 9.90. The van der Waals surface area contributed by atoms with E-state index in [1.807, 2.05) is 6.07 Å². The van der Waals surface area contributed by atoms with Crippen LogP contribution in [0.4, 0.5) is 0 Å². The van der Waals surface area contributed by atoms with E-state index in [0.29, 0.717) is 5.92 Å². The minimum atomic E-state index is -0.0417. The van der Waals surface area contributed by atoms with E-state index in [1.54, 1.807) is 6.92 Å². The largest absolute Gasteiger partial charge is 0.303 e. The number of hydrogen-bond acceptors (Lipinski definition) is 2. The molecule has 0 aliphatic rings. The normalized spacial score (nSPS) is 11.9. The Morgan fingerprint density at radius 3 is 1.87 bits per heavy atom. The van der Waals surface area contributed by atoms with Crippen molar-refractivity contribution in [3.8, 4) is 0 Å². The SMILES string of the molecule is CCCC(CCC)c1ccc(C)cc1.CCc1ccccc1CNC(C(C)=O)C(C)C. The second-order valence-corrected chi connectivity index (χ2v) is 9.02. The van der Waals surface area contributed by atoms with Crippen LogP contribution in [0.15, 0.2) is 48.5 Å². The van der Waals surface area contributed by atoms with E-state index >= 15 is 0 Å². The molecule has 1 atom stereocenters. The lowest BCUT2D eigenvalue weighted by Crippen LogP contribution is -2.39. The van der Waals surface area contributed by atoms with Crippen molar-refractivity contribution in [2.75, 3.05) is 0 Å². The number of carbonyl (C=O) groups excluding carboxylic acids is 1. The first-order valence-corrected chi connectivity index (χ1v) is 12.2. The highest BCUT2D eigenvalue weighted by Gasteiger charge is 2.17. The number of Topliss-reactive ketones (excluding diaryl/α,β-unsaturated/α-hetero) is 1. The van der Waals surface area contributed by atoms with E-state index in [2.05, 4.69) is 89.3 Å². The van der Waals surface area contributed by atoms with E-state index < -0.39 is 0 Å². The van der Waals surface area contributed by atoms with Crippen LogP contribution >= 0.6 is 0 Å².